The first kappa shape index (κ1) is 22.6. The van der Waals surface area contributed by atoms with Gasteiger partial charge in [-0.1, -0.05) is 34.8 Å². The van der Waals surface area contributed by atoms with Gasteiger partial charge in [0.15, 0.2) is 3.79 Å². The molecular weight excluding hydrogens is 451 g/mol. The highest BCUT2D eigenvalue weighted by molar-refractivity contribution is 6.67. The van der Waals surface area contributed by atoms with Crippen LogP contribution in [0.5, 0.6) is 0 Å². The summed E-state index contributed by atoms with van der Waals surface area (Å²) in [6, 6.07) is 0. The fraction of sp³-hybridized carbons (Fsp3) is 1.00. The molecule has 0 nitrogen and oxygen atoms in total. The minimum Gasteiger partial charge on any atom is -0.123 e. The van der Waals surface area contributed by atoms with E-state index < -0.39 is 8.63 Å². The molecule has 0 aliphatic rings. The summed E-state index contributed by atoms with van der Waals surface area (Å²) in [6.45, 7) is 0. The second-order valence-corrected chi connectivity index (χ2v) is 10.8. The lowest BCUT2D eigenvalue weighted by Crippen LogP contribution is -2.20. The molecule has 0 fully saturated rings. The van der Waals surface area contributed by atoms with Crippen molar-refractivity contribution in [1.82, 2.24) is 0 Å². The van der Waals surface area contributed by atoms with E-state index in [-0.39, 0.29) is 27.9 Å². The molecule has 0 aromatic carbocycles. The van der Waals surface area contributed by atoms with Gasteiger partial charge in [-0.15, -0.1) is 69.6 Å². The monoisotopic (exact) mass is 462 g/mol. The van der Waals surface area contributed by atoms with E-state index in [1.54, 1.807) is 0 Å². The quantitative estimate of drug-likeness (QED) is 0.308. The van der Waals surface area contributed by atoms with E-state index in [4.69, 9.17) is 104 Å². The van der Waals surface area contributed by atoms with Crippen molar-refractivity contribution < 1.29 is 0 Å². The fourth-order valence-electron chi connectivity index (χ4n) is 1.65. The average Bonchev–Trinajstić information content (AvgIpc) is 2.09. The van der Waals surface area contributed by atoms with Crippen LogP contribution in [0.2, 0.25) is 0 Å². The maximum absolute atomic E-state index is 6.20. The Labute approximate surface area is 165 Å². The van der Waals surface area contributed by atoms with Crippen molar-refractivity contribution in [2.24, 2.45) is 0 Å². The highest BCUT2D eigenvalue weighted by atomic mass is 35.6. The molecule has 0 saturated heterocycles. The molecule has 0 bridgehead atoms. The Morgan fingerprint density at radius 3 is 1.25 bits per heavy atom. The van der Waals surface area contributed by atoms with Crippen molar-refractivity contribution in [2.45, 2.75) is 62.2 Å². The van der Waals surface area contributed by atoms with Crippen LogP contribution in [0.15, 0.2) is 0 Å². The Morgan fingerprint density at radius 2 is 0.900 bits per heavy atom. The van der Waals surface area contributed by atoms with E-state index in [1.807, 2.05) is 0 Å². The lowest BCUT2D eigenvalue weighted by atomic mass is 10.1. The van der Waals surface area contributed by atoms with Crippen LogP contribution in [-0.2, 0) is 0 Å². The van der Waals surface area contributed by atoms with Crippen molar-refractivity contribution in [2.75, 3.05) is 0 Å². The molecule has 0 saturated carbocycles. The first-order valence-corrected chi connectivity index (χ1v) is 9.66. The summed E-state index contributed by atoms with van der Waals surface area (Å²) in [6.07, 6.45) is 2.34. The Morgan fingerprint density at radius 1 is 0.550 bits per heavy atom. The number of rotatable bonds is 9. The van der Waals surface area contributed by atoms with E-state index in [9.17, 15) is 0 Å². The SMILES string of the molecule is ClC(Cl)CC(Cl)CC(Cl)CC(Cl)CC(Cl)CC(Cl)(Cl)Cl. The van der Waals surface area contributed by atoms with Crippen LogP contribution in [0.25, 0.3) is 0 Å². The zero-order chi connectivity index (χ0) is 15.9. The van der Waals surface area contributed by atoms with Gasteiger partial charge >= 0.3 is 0 Å². The molecule has 0 aromatic rings. The van der Waals surface area contributed by atoms with Crippen molar-refractivity contribution >= 4 is 104 Å². The molecule has 0 spiro atoms. The molecule has 0 aliphatic carbocycles. The van der Waals surface area contributed by atoms with Crippen molar-refractivity contribution in [3.05, 3.63) is 0 Å². The first-order chi connectivity index (χ1) is 8.99. The molecule has 9 heteroatoms. The summed E-state index contributed by atoms with van der Waals surface area (Å²) in [5.41, 5.74) is 0. The van der Waals surface area contributed by atoms with Gasteiger partial charge in [0.25, 0.3) is 0 Å². The van der Waals surface area contributed by atoms with Gasteiger partial charge in [-0.05, 0) is 25.7 Å². The topological polar surface area (TPSA) is 0 Å². The summed E-state index contributed by atoms with van der Waals surface area (Å²) >= 11 is 52.8. The predicted molar refractivity (Wildman–Crippen MR) is 97.4 cm³/mol. The molecule has 0 amide bonds. The van der Waals surface area contributed by atoms with Gasteiger partial charge < -0.3 is 0 Å². The van der Waals surface area contributed by atoms with Gasteiger partial charge in [0, 0.05) is 27.9 Å². The Kier molecular flexibility index (Phi) is 12.7. The van der Waals surface area contributed by atoms with Crippen LogP contribution in [0.1, 0.15) is 32.1 Å². The molecule has 4 atom stereocenters. The molecule has 20 heavy (non-hydrogen) atoms. The standard InChI is InChI=1S/C11H15Cl9/c12-6(2-8(14)4-10(16)17)1-7(13)3-9(15)5-11(18,19)20/h6-10H,1-5H2. The maximum Gasteiger partial charge on any atom is 0.192 e. The van der Waals surface area contributed by atoms with Crippen molar-refractivity contribution in [3.63, 3.8) is 0 Å². The molecule has 0 heterocycles. The lowest BCUT2D eigenvalue weighted by Gasteiger charge is -2.20. The molecular formula is C11H15Cl9. The van der Waals surface area contributed by atoms with Gasteiger partial charge in [0.1, 0.15) is 4.84 Å². The highest BCUT2D eigenvalue weighted by Crippen LogP contribution is 2.35. The minimum absolute atomic E-state index is 0.177. The Bertz CT molecular complexity index is 253. The normalized spacial score (nSPS) is 18.9. The number of hydrogen-bond acceptors (Lipinski definition) is 0. The van der Waals surface area contributed by atoms with Crippen molar-refractivity contribution in [1.29, 1.82) is 0 Å². The molecule has 0 rings (SSSR count). The smallest absolute Gasteiger partial charge is 0.123 e. The first-order valence-electron chi connectivity index (χ1n) is 5.90. The van der Waals surface area contributed by atoms with Gasteiger partial charge in [0.2, 0.25) is 0 Å². The maximum atomic E-state index is 6.20. The van der Waals surface area contributed by atoms with Gasteiger partial charge in [-0.2, -0.15) is 0 Å². The summed E-state index contributed by atoms with van der Waals surface area (Å²) in [5.74, 6) is 0. The summed E-state index contributed by atoms with van der Waals surface area (Å²) in [4.78, 5) is -0.496. The van der Waals surface area contributed by atoms with Gasteiger partial charge in [-0.3, -0.25) is 0 Å². The largest absolute Gasteiger partial charge is 0.192 e. The number of halogens is 9. The molecule has 0 radical (unpaired) electrons. The number of hydrogen-bond donors (Lipinski definition) is 0. The van der Waals surface area contributed by atoms with Crippen LogP contribution in [0.3, 0.4) is 0 Å². The van der Waals surface area contributed by atoms with Crippen LogP contribution in [-0.4, -0.2) is 30.1 Å². The molecule has 4 unspecified atom stereocenters. The Balaban J connectivity index is 3.98. The van der Waals surface area contributed by atoms with Crippen LogP contribution >= 0.6 is 104 Å². The fourth-order valence-corrected chi connectivity index (χ4v) is 5.03. The van der Waals surface area contributed by atoms with Crippen LogP contribution in [0.4, 0.5) is 0 Å². The zero-order valence-electron chi connectivity index (χ0n) is 10.3. The third-order valence-electron chi connectivity index (χ3n) is 2.42. The Hall–Kier alpha value is 2.61. The van der Waals surface area contributed by atoms with E-state index in [1.165, 1.54) is 0 Å². The second kappa shape index (κ2) is 11.2. The minimum atomic E-state index is -1.37. The van der Waals surface area contributed by atoms with Gasteiger partial charge in [0.05, 0.1) is 0 Å². The molecule has 122 valence electrons. The third-order valence-corrected chi connectivity index (χ3v) is 4.64. The highest BCUT2D eigenvalue weighted by Gasteiger charge is 2.27. The molecule has 0 N–H and O–H groups in total. The third kappa shape index (κ3) is 14.2. The number of alkyl halides is 9. The second-order valence-electron chi connectivity index (χ2n) is 4.54. The molecule has 0 aliphatic heterocycles. The average molecular weight is 466 g/mol. The van der Waals surface area contributed by atoms with E-state index in [2.05, 4.69) is 0 Å². The summed E-state index contributed by atoms with van der Waals surface area (Å²) < 4.78 is -1.37. The molecule has 0 aromatic heterocycles. The lowest BCUT2D eigenvalue weighted by molar-refractivity contribution is 0.583. The van der Waals surface area contributed by atoms with Gasteiger partial charge in [-0.25, -0.2) is 0 Å². The van der Waals surface area contributed by atoms with E-state index >= 15 is 0 Å². The van der Waals surface area contributed by atoms with Crippen molar-refractivity contribution in [3.8, 4) is 0 Å². The summed E-state index contributed by atoms with van der Waals surface area (Å²) in [7, 11) is 0. The summed E-state index contributed by atoms with van der Waals surface area (Å²) in [5, 5.41) is -0.896. The van der Waals surface area contributed by atoms with E-state index in [0.717, 1.165) is 0 Å². The van der Waals surface area contributed by atoms with Crippen LogP contribution in [0, 0.1) is 0 Å². The van der Waals surface area contributed by atoms with Crippen LogP contribution < -0.4 is 0 Å². The zero-order valence-corrected chi connectivity index (χ0v) is 17.1. The van der Waals surface area contributed by atoms with E-state index in [0.29, 0.717) is 25.7 Å². The predicted octanol–water partition coefficient (Wildman–Crippen LogP) is 7.54.